The largest absolute Gasteiger partial charge is 0.496 e. The first-order valence-corrected chi connectivity index (χ1v) is 10.7. The molecule has 148 valence electrons. The first kappa shape index (κ1) is 21.5. The summed E-state index contributed by atoms with van der Waals surface area (Å²) in [5.41, 5.74) is 0.758. The Morgan fingerprint density at radius 3 is 2.22 bits per heavy atom. The van der Waals surface area contributed by atoms with Gasteiger partial charge in [-0.3, -0.25) is 0 Å². The normalized spacial score (nSPS) is 11.5. The third-order valence-electron chi connectivity index (χ3n) is 3.86. The smallest absolute Gasteiger partial charge is 0.243 e. The highest BCUT2D eigenvalue weighted by atomic mass is 79.9. The number of nitrogens with zero attached hydrogens (tertiary/aromatic N) is 1. The number of halogens is 1. The fraction of sp³-hybridized carbons (Fsp3) is 0.368. The summed E-state index contributed by atoms with van der Waals surface area (Å²) in [6.07, 6.45) is 0. The van der Waals surface area contributed by atoms with E-state index in [4.69, 9.17) is 14.2 Å². The molecule has 0 heterocycles. The lowest BCUT2D eigenvalue weighted by Crippen LogP contribution is -2.26. The molecule has 0 bridgehead atoms. The Hall–Kier alpha value is -1.77. The van der Waals surface area contributed by atoms with Gasteiger partial charge in [-0.2, -0.15) is 4.31 Å². The molecule has 0 fully saturated rings. The van der Waals surface area contributed by atoms with Gasteiger partial charge < -0.3 is 14.2 Å². The monoisotopic (exact) mass is 457 g/mol. The van der Waals surface area contributed by atoms with Crippen molar-refractivity contribution in [2.45, 2.75) is 25.3 Å². The molecule has 0 atom stereocenters. The minimum atomic E-state index is -3.72. The van der Waals surface area contributed by atoms with Crippen LogP contribution in [-0.2, 0) is 16.6 Å². The van der Waals surface area contributed by atoms with Crippen molar-refractivity contribution in [3.05, 3.63) is 46.4 Å². The number of hydrogen-bond donors (Lipinski definition) is 0. The second-order valence-electron chi connectivity index (χ2n) is 5.69. The van der Waals surface area contributed by atoms with Crippen LogP contribution in [0, 0.1) is 0 Å². The summed E-state index contributed by atoms with van der Waals surface area (Å²) in [4.78, 5) is 0.144. The Labute approximate surface area is 169 Å². The topological polar surface area (TPSA) is 65.1 Å². The van der Waals surface area contributed by atoms with Gasteiger partial charge in [0.2, 0.25) is 10.0 Å². The van der Waals surface area contributed by atoms with Gasteiger partial charge in [0.05, 0.1) is 25.2 Å². The average Bonchev–Trinajstić information content (AvgIpc) is 2.63. The minimum Gasteiger partial charge on any atom is -0.496 e. The molecule has 6 nitrogen and oxygen atoms in total. The highest BCUT2D eigenvalue weighted by molar-refractivity contribution is 9.10. The number of hydrogen-bond acceptors (Lipinski definition) is 5. The quantitative estimate of drug-likeness (QED) is 0.567. The van der Waals surface area contributed by atoms with Crippen LogP contribution < -0.4 is 14.2 Å². The number of ether oxygens (including phenoxy) is 3. The lowest BCUT2D eigenvalue weighted by atomic mass is 10.2. The maximum absolute atomic E-state index is 13.0. The summed E-state index contributed by atoms with van der Waals surface area (Å²) in [5.74, 6) is 1.56. The second kappa shape index (κ2) is 9.43. The molecule has 8 heteroatoms. The van der Waals surface area contributed by atoms with Gasteiger partial charge in [-0.25, -0.2) is 8.42 Å². The van der Waals surface area contributed by atoms with E-state index in [0.29, 0.717) is 30.5 Å². The molecule has 27 heavy (non-hydrogen) atoms. The summed E-state index contributed by atoms with van der Waals surface area (Å²) in [6.45, 7) is 4.74. The van der Waals surface area contributed by atoms with E-state index in [1.807, 2.05) is 26.0 Å². The highest BCUT2D eigenvalue weighted by Crippen LogP contribution is 2.32. The van der Waals surface area contributed by atoms with E-state index in [2.05, 4.69) is 15.9 Å². The standard InChI is InChI=1S/C19H24BrNO5S/c1-5-25-18-10-8-16(12-19(18)26-6-2)27(22,23)21(3)13-14-11-15(20)7-9-17(14)24-4/h7-12H,5-6,13H2,1-4H3. The van der Waals surface area contributed by atoms with Gasteiger partial charge in [-0.1, -0.05) is 15.9 Å². The molecule has 0 aliphatic heterocycles. The predicted octanol–water partition coefficient (Wildman–Crippen LogP) is 4.08. The third kappa shape index (κ3) is 5.15. The van der Waals surface area contributed by atoms with Crippen LogP contribution >= 0.6 is 15.9 Å². The Bertz CT molecular complexity index is 886. The van der Waals surface area contributed by atoms with Gasteiger partial charge in [0.1, 0.15) is 5.75 Å². The van der Waals surface area contributed by atoms with Crippen molar-refractivity contribution >= 4 is 26.0 Å². The molecule has 0 aromatic heterocycles. The molecule has 0 radical (unpaired) electrons. The Morgan fingerprint density at radius 1 is 0.963 bits per heavy atom. The van der Waals surface area contributed by atoms with Gasteiger partial charge in [0.25, 0.3) is 0 Å². The van der Waals surface area contributed by atoms with Crippen LogP contribution in [0.2, 0.25) is 0 Å². The van der Waals surface area contributed by atoms with Gasteiger partial charge in [-0.05, 0) is 44.2 Å². The summed E-state index contributed by atoms with van der Waals surface area (Å²) in [6, 6.07) is 10.1. The fourth-order valence-electron chi connectivity index (χ4n) is 2.57. The molecule has 0 spiro atoms. The fourth-order valence-corrected chi connectivity index (χ4v) is 4.14. The van der Waals surface area contributed by atoms with Crippen molar-refractivity contribution in [2.24, 2.45) is 0 Å². The minimum absolute atomic E-state index is 0.144. The van der Waals surface area contributed by atoms with Crippen LogP contribution in [0.25, 0.3) is 0 Å². The molecule has 0 unspecified atom stereocenters. The van der Waals surface area contributed by atoms with E-state index in [0.717, 1.165) is 10.0 Å². The number of sulfonamides is 1. The Morgan fingerprint density at radius 2 is 1.59 bits per heavy atom. The zero-order chi connectivity index (χ0) is 20.0. The van der Waals surface area contributed by atoms with Crippen LogP contribution in [0.1, 0.15) is 19.4 Å². The SMILES string of the molecule is CCOc1ccc(S(=O)(=O)N(C)Cc2cc(Br)ccc2OC)cc1OCC. The van der Waals surface area contributed by atoms with Crippen molar-refractivity contribution in [3.63, 3.8) is 0 Å². The van der Waals surface area contributed by atoms with Crippen molar-refractivity contribution in [2.75, 3.05) is 27.4 Å². The average molecular weight is 458 g/mol. The van der Waals surface area contributed by atoms with E-state index in [1.165, 1.54) is 23.5 Å². The molecule has 0 saturated carbocycles. The maximum Gasteiger partial charge on any atom is 0.243 e. The molecule has 2 aromatic carbocycles. The Balaban J connectivity index is 2.34. The van der Waals surface area contributed by atoms with Crippen molar-refractivity contribution < 1.29 is 22.6 Å². The van der Waals surface area contributed by atoms with E-state index in [1.54, 1.807) is 19.2 Å². The molecular formula is C19H24BrNO5S. The lowest BCUT2D eigenvalue weighted by Gasteiger charge is -2.20. The molecule has 2 aromatic rings. The lowest BCUT2D eigenvalue weighted by molar-refractivity contribution is 0.287. The van der Waals surface area contributed by atoms with Crippen molar-refractivity contribution in [1.29, 1.82) is 0 Å². The molecular weight excluding hydrogens is 434 g/mol. The van der Waals surface area contributed by atoms with Gasteiger partial charge >= 0.3 is 0 Å². The number of rotatable bonds is 9. The van der Waals surface area contributed by atoms with Crippen LogP contribution in [-0.4, -0.2) is 40.1 Å². The van der Waals surface area contributed by atoms with Crippen molar-refractivity contribution in [3.8, 4) is 17.2 Å². The second-order valence-corrected chi connectivity index (χ2v) is 8.65. The zero-order valence-electron chi connectivity index (χ0n) is 15.9. The van der Waals surface area contributed by atoms with E-state index in [-0.39, 0.29) is 11.4 Å². The van der Waals surface area contributed by atoms with Crippen LogP contribution in [0.4, 0.5) is 0 Å². The summed E-state index contributed by atoms with van der Waals surface area (Å²) in [7, 11) is -0.629. The van der Waals surface area contributed by atoms with Crippen LogP contribution in [0.5, 0.6) is 17.2 Å². The molecule has 2 rings (SSSR count). The summed E-state index contributed by atoms with van der Waals surface area (Å²) in [5, 5.41) is 0. The molecule has 0 aliphatic carbocycles. The zero-order valence-corrected chi connectivity index (χ0v) is 18.3. The number of methoxy groups -OCH3 is 1. The molecule has 0 N–H and O–H groups in total. The van der Waals surface area contributed by atoms with Gasteiger partial charge in [0.15, 0.2) is 11.5 Å². The first-order valence-electron chi connectivity index (χ1n) is 8.51. The van der Waals surface area contributed by atoms with E-state index in [9.17, 15) is 8.42 Å². The summed E-state index contributed by atoms with van der Waals surface area (Å²) < 4.78 is 44.6. The number of benzene rings is 2. The predicted molar refractivity (Wildman–Crippen MR) is 108 cm³/mol. The van der Waals surface area contributed by atoms with Crippen LogP contribution in [0.15, 0.2) is 45.8 Å². The molecule has 0 aliphatic rings. The first-order chi connectivity index (χ1) is 12.8. The summed E-state index contributed by atoms with van der Waals surface area (Å²) >= 11 is 3.41. The van der Waals surface area contributed by atoms with Crippen LogP contribution in [0.3, 0.4) is 0 Å². The highest BCUT2D eigenvalue weighted by Gasteiger charge is 2.24. The van der Waals surface area contributed by atoms with E-state index >= 15 is 0 Å². The van der Waals surface area contributed by atoms with E-state index < -0.39 is 10.0 Å². The van der Waals surface area contributed by atoms with Crippen molar-refractivity contribution in [1.82, 2.24) is 4.31 Å². The molecule has 0 amide bonds. The molecule has 0 saturated heterocycles. The van der Waals surface area contributed by atoms with Gasteiger partial charge in [0, 0.05) is 29.7 Å². The maximum atomic E-state index is 13.0. The Kier molecular flexibility index (Phi) is 7.52. The third-order valence-corrected chi connectivity index (χ3v) is 6.15. The van der Waals surface area contributed by atoms with Gasteiger partial charge in [-0.15, -0.1) is 0 Å².